The summed E-state index contributed by atoms with van der Waals surface area (Å²) in [6.07, 6.45) is 0.160. The lowest BCUT2D eigenvalue weighted by Crippen LogP contribution is -2.33. The third-order valence-corrected chi connectivity index (χ3v) is 6.54. The number of ether oxygens (including phenoxy) is 1. The zero-order valence-electron chi connectivity index (χ0n) is 16.8. The Bertz CT molecular complexity index is 1390. The summed E-state index contributed by atoms with van der Waals surface area (Å²) in [7, 11) is 0. The molecule has 0 aliphatic carbocycles. The molecule has 158 valence electrons. The maximum Gasteiger partial charge on any atom is 0.213 e. The summed E-state index contributed by atoms with van der Waals surface area (Å²) in [5.41, 5.74) is 3.73. The lowest BCUT2D eigenvalue weighted by atomic mass is 9.95. The number of fused-ring (bicyclic) bond motifs is 4. The number of nitrogens with zero attached hydrogens (tertiary/aromatic N) is 2. The quantitative estimate of drug-likeness (QED) is 0.307. The average molecular weight is 463 g/mol. The van der Waals surface area contributed by atoms with E-state index < -0.39 is 6.23 Å². The molecule has 0 N–H and O–H groups in total. The summed E-state index contributed by atoms with van der Waals surface area (Å²) < 4.78 is 19.9. The Morgan fingerprint density at radius 3 is 2.50 bits per heavy atom. The van der Waals surface area contributed by atoms with Gasteiger partial charge in [-0.25, -0.2) is 9.40 Å². The second-order valence-corrected chi connectivity index (χ2v) is 8.88. The molecule has 0 spiro atoms. The number of hydrazone groups is 1. The normalized spacial score (nSPS) is 19.3. The Hall–Kier alpha value is -3.08. The molecule has 0 saturated heterocycles. The van der Waals surface area contributed by atoms with Crippen molar-refractivity contribution in [1.29, 1.82) is 0 Å². The van der Waals surface area contributed by atoms with Crippen LogP contribution in [0.25, 0.3) is 10.8 Å². The lowest BCUT2D eigenvalue weighted by Gasteiger charge is -2.38. The van der Waals surface area contributed by atoms with Crippen LogP contribution in [0.2, 0.25) is 10.0 Å². The van der Waals surface area contributed by atoms with E-state index in [-0.39, 0.29) is 11.9 Å². The minimum atomic E-state index is -0.523. The maximum absolute atomic E-state index is 13.6. The molecule has 6 rings (SSSR count). The summed E-state index contributed by atoms with van der Waals surface area (Å²) in [6.45, 7) is 0. The number of benzene rings is 4. The van der Waals surface area contributed by atoms with Crippen molar-refractivity contribution < 1.29 is 9.13 Å². The fourth-order valence-electron chi connectivity index (χ4n) is 4.51. The smallest absolute Gasteiger partial charge is 0.213 e. The second-order valence-electron chi connectivity index (χ2n) is 8.04. The van der Waals surface area contributed by atoms with Crippen molar-refractivity contribution >= 4 is 39.7 Å². The Balaban J connectivity index is 1.47. The summed E-state index contributed by atoms with van der Waals surface area (Å²) >= 11 is 12.8. The molecule has 0 amide bonds. The van der Waals surface area contributed by atoms with Crippen LogP contribution in [-0.4, -0.2) is 10.7 Å². The van der Waals surface area contributed by atoms with E-state index in [2.05, 4.69) is 30.3 Å². The van der Waals surface area contributed by atoms with E-state index in [4.69, 9.17) is 33.0 Å². The molecule has 0 fully saturated rings. The highest BCUT2D eigenvalue weighted by atomic mass is 35.5. The van der Waals surface area contributed by atoms with E-state index >= 15 is 0 Å². The maximum atomic E-state index is 13.6. The van der Waals surface area contributed by atoms with Crippen LogP contribution >= 0.6 is 23.2 Å². The van der Waals surface area contributed by atoms with E-state index in [0.29, 0.717) is 22.2 Å². The number of hydrogen-bond donors (Lipinski definition) is 0. The third-order valence-electron chi connectivity index (χ3n) is 6.05. The molecule has 2 heterocycles. The molecule has 2 unspecified atom stereocenters. The fraction of sp³-hybridized carbons (Fsp3) is 0.115. The van der Waals surface area contributed by atoms with Crippen molar-refractivity contribution in [1.82, 2.24) is 5.01 Å². The summed E-state index contributed by atoms with van der Waals surface area (Å²) in [5.74, 6) is 0.301. The molecule has 0 radical (unpaired) electrons. The second kappa shape index (κ2) is 7.51. The van der Waals surface area contributed by atoms with Gasteiger partial charge in [-0.2, -0.15) is 5.10 Å². The van der Waals surface area contributed by atoms with Gasteiger partial charge in [-0.05, 0) is 46.7 Å². The lowest BCUT2D eigenvalue weighted by molar-refractivity contribution is -0.0189. The molecule has 32 heavy (non-hydrogen) atoms. The van der Waals surface area contributed by atoms with Crippen LogP contribution in [-0.2, 0) is 0 Å². The highest BCUT2D eigenvalue weighted by molar-refractivity contribution is 6.35. The van der Waals surface area contributed by atoms with Gasteiger partial charge < -0.3 is 4.74 Å². The number of halogens is 3. The van der Waals surface area contributed by atoms with Crippen molar-refractivity contribution in [3.8, 4) is 5.75 Å². The molecule has 4 aromatic carbocycles. The fourth-order valence-corrected chi connectivity index (χ4v) is 5.06. The van der Waals surface area contributed by atoms with Crippen molar-refractivity contribution in [3.63, 3.8) is 0 Å². The Morgan fingerprint density at radius 2 is 1.69 bits per heavy atom. The molecule has 0 aromatic heterocycles. The first-order valence-corrected chi connectivity index (χ1v) is 11.1. The van der Waals surface area contributed by atoms with Crippen molar-refractivity contribution in [3.05, 3.63) is 111 Å². The van der Waals surface area contributed by atoms with Crippen molar-refractivity contribution in [2.24, 2.45) is 5.10 Å². The number of hydrogen-bond acceptors (Lipinski definition) is 3. The highest BCUT2D eigenvalue weighted by Crippen LogP contribution is 2.50. The van der Waals surface area contributed by atoms with Crippen molar-refractivity contribution in [2.75, 3.05) is 0 Å². The van der Waals surface area contributed by atoms with E-state index in [1.165, 1.54) is 17.5 Å². The summed E-state index contributed by atoms with van der Waals surface area (Å²) in [6, 6.07) is 24.4. The van der Waals surface area contributed by atoms with Crippen LogP contribution in [0.15, 0.2) is 84.0 Å². The monoisotopic (exact) mass is 462 g/mol. The molecule has 0 bridgehead atoms. The zero-order valence-corrected chi connectivity index (χ0v) is 18.3. The van der Waals surface area contributed by atoms with Gasteiger partial charge in [0, 0.05) is 22.6 Å². The standard InChI is InChI=1S/C26H17Cl2FN2O/c27-19-12-21-24-14-23(18-6-5-15-3-1-2-4-17(15)11-18)30-31(24)26(32-25(21)22(28)13-19)16-7-9-20(29)10-8-16/h1-13,24,26H,14H2. The Labute approximate surface area is 194 Å². The molecule has 2 aliphatic rings. The zero-order chi connectivity index (χ0) is 21.8. The number of rotatable bonds is 2. The predicted molar refractivity (Wildman–Crippen MR) is 126 cm³/mol. The topological polar surface area (TPSA) is 24.8 Å². The van der Waals surface area contributed by atoms with E-state index in [1.807, 2.05) is 23.2 Å². The largest absolute Gasteiger partial charge is 0.463 e. The van der Waals surface area contributed by atoms with Gasteiger partial charge in [0.05, 0.1) is 16.8 Å². The van der Waals surface area contributed by atoms with E-state index in [9.17, 15) is 4.39 Å². The molecule has 4 aromatic rings. The van der Waals surface area contributed by atoms with Crippen molar-refractivity contribution in [2.45, 2.75) is 18.7 Å². The molecule has 2 aliphatic heterocycles. The SMILES string of the molecule is Fc1ccc(C2Oc3c(Cl)cc(Cl)cc3C3CC(c4ccc5ccccc5c4)=NN32)cc1. The minimum absolute atomic E-state index is 0.0912. The third kappa shape index (κ3) is 3.22. The predicted octanol–water partition coefficient (Wildman–Crippen LogP) is 7.53. The average Bonchev–Trinajstić information content (AvgIpc) is 3.25. The van der Waals surface area contributed by atoms with Crippen LogP contribution in [0, 0.1) is 5.82 Å². The first-order valence-electron chi connectivity index (χ1n) is 10.3. The van der Waals surface area contributed by atoms with Gasteiger partial charge in [-0.15, -0.1) is 0 Å². The summed E-state index contributed by atoms with van der Waals surface area (Å²) in [5, 5.41) is 10.3. The molecule has 0 saturated carbocycles. The molecule has 6 heteroatoms. The van der Waals surface area contributed by atoms with Gasteiger partial charge in [0.25, 0.3) is 0 Å². The molecular formula is C26H17Cl2FN2O. The van der Waals surface area contributed by atoms with Crippen LogP contribution in [0.3, 0.4) is 0 Å². The molecule has 2 atom stereocenters. The minimum Gasteiger partial charge on any atom is -0.463 e. The Kier molecular flexibility index (Phi) is 4.60. The van der Waals surface area contributed by atoms with Crippen LogP contribution < -0.4 is 4.74 Å². The van der Waals surface area contributed by atoms with Gasteiger partial charge in [0.2, 0.25) is 6.23 Å². The van der Waals surface area contributed by atoms with Crippen LogP contribution in [0.4, 0.5) is 4.39 Å². The Morgan fingerprint density at radius 1 is 0.906 bits per heavy atom. The molecule has 3 nitrogen and oxygen atoms in total. The first kappa shape index (κ1) is 19.6. The van der Waals surface area contributed by atoms with Gasteiger partial charge in [-0.1, -0.05) is 71.7 Å². The van der Waals surface area contributed by atoms with E-state index in [0.717, 1.165) is 27.8 Å². The highest BCUT2D eigenvalue weighted by Gasteiger charge is 2.42. The molecular weight excluding hydrogens is 446 g/mol. The van der Waals surface area contributed by atoms with Crippen LogP contribution in [0.5, 0.6) is 5.75 Å². The van der Waals surface area contributed by atoms with Crippen LogP contribution in [0.1, 0.15) is 35.4 Å². The van der Waals surface area contributed by atoms with E-state index in [1.54, 1.807) is 18.2 Å². The van der Waals surface area contributed by atoms with Gasteiger partial charge in [0.1, 0.15) is 11.6 Å². The van der Waals surface area contributed by atoms with Gasteiger partial charge in [-0.3, -0.25) is 0 Å². The van der Waals surface area contributed by atoms with Gasteiger partial charge >= 0.3 is 0 Å². The first-order chi connectivity index (χ1) is 15.6. The van der Waals surface area contributed by atoms with Gasteiger partial charge in [0.15, 0.2) is 0 Å². The summed E-state index contributed by atoms with van der Waals surface area (Å²) in [4.78, 5) is 0.